The number of rotatable bonds is 4. The third kappa shape index (κ3) is 3.62. The van der Waals surface area contributed by atoms with Crippen molar-refractivity contribution in [2.75, 3.05) is 11.9 Å². The number of hydrogen-bond donors (Lipinski definition) is 1. The molecule has 13 heavy (non-hydrogen) atoms. The van der Waals surface area contributed by atoms with Gasteiger partial charge >= 0.3 is 0 Å². The zero-order valence-electron chi connectivity index (χ0n) is 7.88. The summed E-state index contributed by atoms with van der Waals surface area (Å²) in [6.07, 6.45) is 1.53. The average molecular weight is 174 g/mol. The van der Waals surface area contributed by atoms with Crippen molar-refractivity contribution in [3.63, 3.8) is 0 Å². The van der Waals surface area contributed by atoms with E-state index in [-0.39, 0.29) is 0 Å². The third-order valence-electron chi connectivity index (χ3n) is 1.85. The van der Waals surface area contributed by atoms with Crippen molar-refractivity contribution < 1.29 is 0 Å². The van der Waals surface area contributed by atoms with Crippen molar-refractivity contribution in [2.24, 2.45) is 0 Å². The van der Waals surface area contributed by atoms with Gasteiger partial charge in [0.05, 0.1) is 6.07 Å². The van der Waals surface area contributed by atoms with Crippen molar-refractivity contribution >= 4 is 5.69 Å². The molecule has 2 nitrogen and oxygen atoms in total. The van der Waals surface area contributed by atoms with E-state index < -0.39 is 0 Å². The van der Waals surface area contributed by atoms with Gasteiger partial charge in [-0.05, 0) is 25.5 Å². The molecule has 0 unspecified atom stereocenters. The maximum absolute atomic E-state index is 8.32. The molecule has 0 aliphatic heterocycles. The summed E-state index contributed by atoms with van der Waals surface area (Å²) in [5, 5.41) is 11.6. The number of nitrogens with one attached hydrogen (secondary N) is 1. The van der Waals surface area contributed by atoms with Crippen LogP contribution >= 0.6 is 0 Å². The first-order valence-electron chi connectivity index (χ1n) is 4.50. The summed E-state index contributed by atoms with van der Waals surface area (Å²) in [7, 11) is 0. The van der Waals surface area contributed by atoms with Crippen molar-refractivity contribution in [1.29, 1.82) is 5.26 Å². The minimum atomic E-state index is 0.624. The largest absolute Gasteiger partial charge is 0.385 e. The van der Waals surface area contributed by atoms with Gasteiger partial charge in [0.15, 0.2) is 0 Å². The summed E-state index contributed by atoms with van der Waals surface area (Å²) in [5.74, 6) is 0. The first-order chi connectivity index (χ1) is 6.33. The van der Waals surface area contributed by atoms with E-state index in [2.05, 4.69) is 42.6 Å². The van der Waals surface area contributed by atoms with Crippen LogP contribution in [-0.4, -0.2) is 6.54 Å². The van der Waals surface area contributed by atoms with E-state index in [1.165, 1.54) is 5.56 Å². The normalized spacial score (nSPS) is 9.23. The Kier molecular flexibility index (Phi) is 3.84. The van der Waals surface area contributed by atoms with E-state index in [9.17, 15) is 0 Å². The lowest BCUT2D eigenvalue weighted by molar-refractivity contribution is 0.897. The van der Waals surface area contributed by atoms with Gasteiger partial charge in [0.1, 0.15) is 0 Å². The Hall–Kier alpha value is -1.49. The van der Waals surface area contributed by atoms with Crippen molar-refractivity contribution in [1.82, 2.24) is 0 Å². The van der Waals surface area contributed by atoms with E-state index >= 15 is 0 Å². The molecule has 1 aromatic carbocycles. The molecule has 1 rings (SSSR count). The first-order valence-corrected chi connectivity index (χ1v) is 4.50. The van der Waals surface area contributed by atoms with Crippen LogP contribution in [0.15, 0.2) is 24.3 Å². The second-order valence-corrected chi connectivity index (χ2v) is 3.05. The molecule has 1 aromatic rings. The highest BCUT2D eigenvalue weighted by Crippen LogP contribution is 2.08. The maximum atomic E-state index is 8.32. The number of nitriles is 1. The van der Waals surface area contributed by atoms with Crippen LogP contribution in [-0.2, 0) is 0 Å². The smallest absolute Gasteiger partial charge is 0.0622 e. The highest BCUT2D eigenvalue weighted by atomic mass is 14.9. The fourth-order valence-corrected chi connectivity index (χ4v) is 1.07. The van der Waals surface area contributed by atoms with Gasteiger partial charge in [-0.15, -0.1) is 0 Å². The first kappa shape index (κ1) is 9.60. The quantitative estimate of drug-likeness (QED) is 0.712. The number of anilines is 1. The molecule has 0 amide bonds. The standard InChI is InChI=1S/C11H14N2/c1-10-4-6-11(7-5-10)13-9-3-2-8-12/h4-7,13H,2-3,9H2,1H3. The summed E-state index contributed by atoms with van der Waals surface area (Å²) in [4.78, 5) is 0. The SMILES string of the molecule is Cc1ccc(NCCCC#N)cc1. The van der Waals surface area contributed by atoms with E-state index in [4.69, 9.17) is 5.26 Å². The predicted molar refractivity (Wildman–Crippen MR) is 54.5 cm³/mol. The van der Waals surface area contributed by atoms with Crippen LogP contribution in [0, 0.1) is 18.3 Å². The summed E-state index contributed by atoms with van der Waals surface area (Å²) in [6.45, 7) is 2.94. The lowest BCUT2D eigenvalue weighted by Crippen LogP contribution is -2.00. The molecule has 68 valence electrons. The minimum absolute atomic E-state index is 0.624. The lowest BCUT2D eigenvalue weighted by atomic mass is 10.2. The van der Waals surface area contributed by atoms with Gasteiger partial charge in [-0.1, -0.05) is 17.7 Å². The Bertz CT molecular complexity index is 282. The maximum Gasteiger partial charge on any atom is 0.0622 e. The van der Waals surface area contributed by atoms with E-state index in [0.29, 0.717) is 6.42 Å². The molecule has 0 radical (unpaired) electrons. The molecule has 0 spiro atoms. The Labute approximate surface area is 79.2 Å². The zero-order valence-corrected chi connectivity index (χ0v) is 7.88. The topological polar surface area (TPSA) is 35.8 Å². The van der Waals surface area contributed by atoms with Crippen LogP contribution in [0.25, 0.3) is 0 Å². The number of aryl methyl sites for hydroxylation is 1. The molecule has 0 aromatic heterocycles. The highest BCUT2D eigenvalue weighted by Gasteiger charge is 1.90. The highest BCUT2D eigenvalue weighted by molar-refractivity contribution is 5.44. The molecule has 0 aliphatic rings. The summed E-state index contributed by atoms with van der Waals surface area (Å²) < 4.78 is 0. The predicted octanol–water partition coefficient (Wildman–Crippen LogP) is 2.71. The Balaban J connectivity index is 2.30. The second-order valence-electron chi connectivity index (χ2n) is 3.05. The van der Waals surface area contributed by atoms with Gasteiger partial charge in [0.25, 0.3) is 0 Å². The van der Waals surface area contributed by atoms with Crippen LogP contribution in [0.4, 0.5) is 5.69 Å². The number of nitrogens with zero attached hydrogens (tertiary/aromatic N) is 1. The second kappa shape index (κ2) is 5.21. The summed E-state index contributed by atoms with van der Waals surface area (Å²) in [6, 6.07) is 10.4. The molecule has 0 bridgehead atoms. The molecule has 0 fully saturated rings. The fraction of sp³-hybridized carbons (Fsp3) is 0.364. The van der Waals surface area contributed by atoms with Crippen LogP contribution in [0.3, 0.4) is 0 Å². The van der Waals surface area contributed by atoms with E-state index in [0.717, 1.165) is 18.7 Å². The molecule has 0 heterocycles. The molecule has 0 atom stereocenters. The van der Waals surface area contributed by atoms with Gasteiger partial charge in [0.2, 0.25) is 0 Å². The molecular formula is C11H14N2. The summed E-state index contributed by atoms with van der Waals surface area (Å²) in [5.41, 5.74) is 2.39. The molecule has 0 saturated carbocycles. The molecule has 1 N–H and O–H groups in total. The number of unbranched alkanes of at least 4 members (excludes halogenated alkanes) is 1. The van der Waals surface area contributed by atoms with Crippen LogP contribution in [0.1, 0.15) is 18.4 Å². The van der Waals surface area contributed by atoms with Gasteiger partial charge in [-0.25, -0.2) is 0 Å². The van der Waals surface area contributed by atoms with Crippen molar-refractivity contribution in [2.45, 2.75) is 19.8 Å². The van der Waals surface area contributed by atoms with Gasteiger partial charge < -0.3 is 5.32 Å². The zero-order chi connectivity index (χ0) is 9.52. The fourth-order valence-electron chi connectivity index (χ4n) is 1.07. The third-order valence-corrected chi connectivity index (χ3v) is 1.85. The van der Waals surface area contributed by atoms with Gasteiger partial charge in [0, 0.05) is 18.7 Å². The van der Waals surface area contributed by atoms with Gasteiger partial charge in [-0.3, -0.25) is 0 Å². The van der Waals surface area contributed by atoms with Crippen LogP contribution in [0.2, 0.25) is 0 Å². The van der Waals surface area contributed by atoms with Crippen molar-refractivity contribution in [3.05, 3.63) is 29.8 Å². The Morgan fingerprint density at radius 1 is 1.31 bits per heavy atom. The molecule has 2 heteroatoms. The average Bonchev–Trinajstić information content (AvgIpc) is 2.15. The molecular weight excluding hydrogens is 160 g/mol. The lowest BCUT2D eigenvalue weighted by Gasteiger charge is -2.04. The van der Waals surface area contributed by atoms with E-state index in [1.54, 1.807) is 0 Å². The molecule has 0 aliphatic carbocycles. The molecule has 0 saturated heterocycles. The summed E-state index contributed by atoms with van der Waals surface area (Å²) >= 11 is 0. The van der Waals surface area contributed by atoms with E-state index in [1.807, 2.05) is 0 Å². The van der Waals surface area contributed by atoms with Crippen molar-refractivity contribution in [3.8, 4) is 6.07 Å². The van der Waals surface area contributed by atoms with Gasteiger partial charge in [-0.2, -0.15) is 5.26 Å². The number of hydrogen-bond acceptors (Lipinski definition) is 2. The number of benzene rings is 1. The Morgan fingerprint density at radius 3 is 2.62 bits per heavy atom. The monoisotopic (exact) mass is 174 g/mol. The van der Waals surface area contributed by atoms with Crippen LogP contribution in [0.5, 0.6) is 0 Å². The van der Waals surface area contributed by atoms with Crippen LogP contribution < -0.4 is 5.32 Å². The Morgan fingerprint density at radius 2 is 2.00 bits per heavy atom. The minimum Gasteiger partial charge on any atom is -0.385 e.